The number of hydrogen-bond acceptors (Lipinski definition) is 4. The van der Waals surface area contributed by atoms with Gasteiger partial charge in [0.05, 0.1) is 30.4 Å². The number of amides is 2. The topological polar surface area (TPSA) is 62.3 Å². The van der Waals surface area contributed by atoms with Crippen molar-refractivity contribution in [3.8, 4) is 0 Å². The number of nitrogens with zero attached hydrogens (tertiary/aromatic N) is 2. The van der Waals surface area contributed by atoms with E-state index in [9.17, 15) is 9.59 Å². The highest BCUT2D eigenvalue weighted by Crippen LogP contribution is 2.31. The Morgan fingerprint density at radius 3 is 2.96 bits per heavy atom. The van der Waals surface area contributed by atoms with Gasteiger partial charge in [-0.15, -0.1) is 11.3 Å². The summed E-state index contributed by atoms with van der Waals surface area (Å²) in [4.78, 5) is 31.4. The number of rotatable bonds is 5. The van der Waals surface area contributed by atoms with Gasteiger partial charge in [-0.1, -0.05) is 12.1 Å². The summed E-state index contributed by atoms with van der Waals surface area (Å²) >= 11 is 1.62. The fraction of sp³-hybridized carbons (Fsp3) is 0.389. The molecule has 0 aromatic carbocycles. The van der Waals surface area contributed by atoms with Crippen LogP contribution in [0, 0.1) is 0 Å². The highest BCUT2D eigenvalue weighted by molar-refractivity contribution is 7.10. The summed E-state index contributed by atoms with van der Waals surface area (Å²) in [5, 5.41) is 4.76. The molecule has 2 aromatic heterocycles. The SMILES string of the molecule is CC(=O)NCc1cccc([C@@H]2CCCN2C(=O)Cc2cccs2)n1. The summed E-state index contributed by atoms with van der Waals surface area (Å²) in [5.41, 5.74) is 1.73. The van der Waals surface area contributed by atoms with Crippen LogP contribution in [0.4, 0.5) is 0 Å². The average molecular weight is 343 g/mol. The Hall–Kier alpha value is -2.21. The molecule has 1 N–H and O–H groups in total. The van der Waals surface area contributed by atoms with E-state index < -0.39 is 0 Å². The van der Waals surface area contributed by atoms with Crippen molar-refractivity contribution < 1.29 is 9.59 Å². The van der Waals surface area contributed by atoms with Crippen LogP contribution in [0.2, 0.25) is 0 Å². The Morgan fingerprint density at radius 2 is 2.21 bits per heavy atom. The van der Waals surface area contributed by atoms with Gasteiger partial charge >= 0.3 is 0 Å². The van der Waals surface area contributed by atoms with Crippen molar-refractivity contribution in [1.82, 2.24) is 15.2 Å². The smallest absolute Gasteiger partial charge is 0.228 e. The highest BCUT2D eigenvalue weighted by Gasteiger charge is 2.30. The molecule has 1 aliphatic rings. The maximum Gasteiger partial charge on any atom is 0.228 e. The zero-order valence-electron chi connectivity index (χ0n) is 13.7. The van der Waals surface area contributed by atoms with Crippen molar-refractivity contribution in [3.05, 3.63) is 52.0 Å². The van der Waals surface area contributed by atoms with Gasteiger partial charge < -0.3 is 10.2 Å². The van der Waals surface area contributed by atoms with E-state index in [0.717, 1.165) is 35.7 Å². The summed E-state index contributed by atoms with van der Waals surface area (Å²) in [6.07, 6.45) is 2.39. The first-order valence-corrected chi connectivity index (χ1v) is 9.03. The molecule has 2 aromatic rings. The van der Waals surface area contributed by atoms with Gasteiger partial charge in [0.25, 0.3) is 0 Å². The largest absolute Gasteiger partial charge is 0.351 e. The molecule has 1 saturated heterocycles. The third-order valence-corrected chi connectivity index (χ3v) is 5.04. The van der Waals surface area contributed by atoms with Gasteiger partial charge in [-0.3, -0.25) is 14.6 Å². The van der Waals surface area contributed by atoms with Gasteiger partial charge in [0, 0.05) is 18.3 Å². The normalized spacial score (nSPS) is 17.0. The number of nitrogens with one attached hydrogen (secondary N) is 1. The van der Waals surface area contributed by atoms with E-state index in [1.54, 1.807) is 11.3 Å². The minimum absolute atomic E-state index is 0.0368. The standard InChI is InChI=1S/C18H21N3O2S/c1-13(22)19-12-14-5-2-7-16(20-14)17-8-3-9-21(17)18(23)11-15-6-4-10-24-15/h2,4-7,10,17H,3,8-9,11-12H2,1H3,(H,19,22)/t17-/m0/s1. The fourth-order valence-electron chi connectivity index (χ4n) is 3.03. The molecule has 3 heterocycles. The van der Waals surface area contributed by atoms with Gasteiger partial charge in [-0.25, -0.2) is 0 Å². The summed E-state index contributed by atoms with van der Waals surface area (Å²) in [6, 6.07) is 9.82. The zero-order chi connectivity index (χ0) is 16.9. The number of hydrogen-bond donors (Lipinski definition) is 1. The highest BCUT2D eigenvalue weighted by atomic mass is 32.1. The lowest BCUT2D eigenvalue weighted by Gasteiger charge is -2.24. The van der Waals surface area contributed by atoms with Gasteiger partial charge in [-0.2, -0.15) is 0 Å². The Balaban J connectivity index is 1.71. The molecule has 6 heteroatoms. The van der Waals surface area contributed by atoms with Crippen LogP contribution in [0.5, 0.6) is 0 Å². The van der Waals surface area contributed by atoms with Gasteiger partial charge in [0.15, 0.2) is 0 Å². The van der Waals surface area contributed by atoms with E-state index in [0.29, 0.717) is 13.0 Å². The molecule has 0 radical (unpaired) electrons. The van der Waals surface area contributed by atoms with Crippen LogP contribution in [0.15, 0.2) is 35.7 Å². The van der Waals surface area contributed by atoms with Crippen molar-refractivity contribution in [2.75, 3.05) is 6.54 Å². The van der Waals surface area contributed by atoms with E-state index in [-0.39, 0.29) is 17.9 Å². The first-order chi connectivity index (χ1) is 11.6. The molecule has 0 spiro atoms. The molecular weight excluding hydrogens is 322 g/mol. The molecule has 24 heavy (non-hydrogen) atoms. The first kappa shape index (κ1) is 16.6. The molecule has 0 unspecified atom stereocenters. The lowest BCUT2D eigenvalue weighted by Crippen LogP contribution is -2.32. The van der Waals surface area contributed by atoms with Crippen molar-refractivity contribution in [1.29, 1.82) is 0 Å². The maximum atomic E-state index is 12.6. The molecule has 0 saturated carbocycles. The minimum atomic E-state index is -0.0733. The Morgan fingerprint density at radius 1 is 1.33 bits per heavy atom. The number of thiophene rings is 1. The number of pyridine rings is 1. The third-order valence-electron chi connectivity index (χ3n) is 4.17. The number of carbonyl (C=O) groups is 2. The number of likely N-dealkylation sites (tertiary alicyclic amines) is 1. The van der Waals surface area contributed by atoms with Crippen molar-refractivity contribution in [2.24, 2.45) is 0 Å². The van der Waals surface area contributed by atoms with Crippen LogP contribution in [-0.4, -0.2) is 28.2 Å². The van der Waals surface area contributed by atoms with Crippen LogP contribution in [-0.2, 0) is 22.6 Å². The van der Waals surface area contributed by atoms with Crippen LogP contribution in [0.25, 0.3) is 0 Å². The molecule has 1 atom stereocenters. The Bertz CT molecular complexity index is 715. The number of aromatic nitrogens is 1. The summed E-state index contributed by atoms with van der Waals surface area (Å²) in [6.45, 7) is 2.69. The van der Waals surface area contributed by atoms with Crippen molar-refractivity contribution in [3.63, 3.8) is 0 Å². The minimum Gasteiger partial charge on any atom is -0.351 e. The summed E-state index contributed by atoms with van der Waals surface area (Å²) in [5.74, 6) is 0.0878. The van der Waals surface area contributed by atoms with Gasteiger partial charge in [0.1, 0.15) is 0 Å². The monoisotopic (exact) mass is 343 g/mol. The zero-order valence-corrected chi connectivity index (χ0v) is 14.5. The van der Waals surface area contributed by atoms with Crippen LogP contribution >= 0.6 is 11.3 Å². The summed E-state index contributed by atoms with van der Waals surface area (Å²) < 4.78 is 0. The Kier molecular flexibility index (Phi) is 5.25. The van der Waals surface area contributed by atoms with E-state index in [1.807, 2.05) is 40.6 Å². The molecule has 0 aliphatic carbocycles. The average Bonchev–Trinajstić information content (AvgIpc) is 3.24. The van der Waals surface area contributed by atoms with E-state index in [1.165, 1.54) is 6.92 Å². The van der Waals surface area contributed by atoms with E-state index >= 15 is 0 Å². The lowest BCUT2D eigenvalue weighted by molar-refractivity contribution is -0.131. The van der Waals surface area contributed by atoms with Crippen LogP contribution < -0.4 is 5.32 Å². The van der Waals surface area contributed by atoms with Crippen LogP contribution in [0.3, 0.4) is 0 Å². The molecule has 1 aliphatic heterocycles. The molecule has 2 amide bonds. The predicted octanol–water partition coefficient (Wildman–Crippen LogP) is 2.69. The van der Waals surface area contributed by atoms with Gasteiger partial charge in [0.2, 0.25) is 11.8 Å². The van der Waals surface area contributed by atoms with Crippen molar-refractivity contribution >= 4 is 23.2 Å². The van der Waals surface area contributed by atoms with Crippen molar-refractivity contribution in [2.45, 2.75) is 38.8 Å². The Labute approximate surface area is 145 Å². The molecule has 0 bridgehead atoms. The second-order valence-electron chi connectivity index (χ2n) is 5.96. The molecule has 5 nitrogen and oxygen atoms in total. The lowest BCUT2D eigenvalue weighted by atomic mass is 10.1. The van der Waals surface area contributed by atoms with Crippen LogP contribution in [0.1, 0.15) is 42.1 Å². The molecule has 1 fully saturated rings. The number of carbonyl (C=O) groups excluding carboxylic acids is 2. The predicted molar refractivity (Wildman–Crippen MR) is 93.5 cm³/mol. The van der Waals surface area contributed by atoms with E-state index in [4.69, 9.17) is 0 Å². The molecule has 126 valence electrons. The second kappa shape index (κ2) is 7.57. The summed E-state index contributed by atoms with van der Waals surface area (Å²) in [7, 11) is 0. The first-order valence-electron chi connectivity index (χ1n) is 8.15. The third kappa shape index (κ3) is 4.00. The van der Waals surface area contributed by atoms with Gasteiger partial charge in [-0.05, 0) is 36.4 Å². The maximum absolute atomic E-state index is 12.6. The fourth-order valence-corrected chi connectivity index (χ4v) is 3.73. The quantitative estimate of drug-likeness (QED) is 0.908. The molecule has 3 rings (SSSR count). The van der Waals surface area contributed by atoms with E-state index in [2.05, 4.69) is 10.3 Å². The second-order valence-corrected chi connectivity index (χ2v) is 7.00. The molecular formula is C18H21N3O2S.